The average Bonchev–Trinajstić information content (AvgIpc) is 2.90. The van der Waals surface area contributed by atoms with Crippen LogP contribution in [-0.2, 0) is 9.59 Å². The van der Waals surface area contributed by atoms with Gasteiger partial charge in [-0.15, -0.1) is 0 Å². The molecule has 1 amide bonds. The highest BCUT2D eigenvalue weighted by atomic mass is 16.2. The van der Waals surface area contributed by atoms with E-state index in [1.165, 1.54) is 6.20 Å². The highest BCUT2D eigenvalue weighted by molar-refractivity contribution is 6.52. The van der Waals surface area contributed by atoms with Crippen molar-refractivity contribution >= 4 is 39.8 Å². The molecule has 0 spiro atoms. The van der Waals surface area contributed by atoms with Gasteiger partial charge in [0.2, 0.25) is 17.1 Å². The van der Waals surface area contributed by atoms with Gasteiger partial charge in [0.05, 0.1) is 5.39 Å². The largest absolute Gasteiger partial charge is 0.399 e. The van der Waals surface area contributed by atoms with E-state index in [-0.39, 0.29) is 17.0 Å². The van der Waals surface area contributed by atoms with Crippen molar-refractivity contribution in [3.05, 3.63) is 69.5 Å². The molecule has 7 nitrogen and oxygen atoms in total. The molecule has 2 aromatic carbocycles. The van der Waals surface area contributed by atoms with Crippen molar-refractivity contribution in [2.75, 3.05) is 5.73 Å². The molecule has 0 saturated carbocycles. The van der Waals surface area contributed by atoms with Gasteiger partial charge in [0.15, 0.2) is 5.84 Å². The Hall–Kier alpha value is -3.74. The topological polar surface area (TPSA) is 117 Å². The summed E-state index contributed by atoms with van der Waals surface area (Å²) in [5.74, 6) is -2.15. The zero-order valence-electron chi connectivity index (χ0n) is 15.4. The van der Waals surface area contributed by atoms with Crippen molar-refractivity contribution in [1.82, 2.24) is 10.3 Å². The first-order chi connectivity index (χ1) is 13.3. The Balaban J connectivity index is 1.78. The molecule has 4 rings (SSSR count). The molecule has 2 heterocycles. The highest BCUT2D eigenvalue weighted by Crippen LogP contribution is 2.25. The summed E-state index contributed by atoms with van der Waals surface area (Å²) in [7, 11) is 0. The molecule has 3 aromatic rings. The molecule has 1 unspecified atom stereocenters. The lowest BCUT2D eigenvalue weighted by Crippen LogP contribution is -2.23. The Labute approximate surface area is 160 Å². The number of aromatic amines is 1. The van der Waals surface area contributed by atoms with Crippen LogP contribution in [0, 0.1) is 13.8 Å². The molecule has 140 valence electrons. The minimum absolute atomic E-state index is 0.0660. The summed E-state index contributed by atoms with van der Waals surface area (Å²) in [5, 5.41) is 3.00. The maximum Gasteiger partial charge on any atom is 0.241 e. The number of anilines is 1. The van der Waals surface area contributed by atoms with Crippen molar-refractivity contribution in [2.24, 2.45) is 4.99 Å². The van der Waals surface area contributed by atoms with Gasteiger partial charge in [0.25, 0.3) is 0 Å². The number of amidine groups is 1. The van der Waals surface area contributed by atoms with E-state index in [1.54, 1.807) is 24.3 Å². The lowest BCUT2D eigenvalue weighted by Gasteiger charge is -2.06. The van der Waals surface area contributed by atoms with Gasteiger partial charge in [0, 0.05) is 17.4 Å². The van der Waals surface area contributed by atoms with Crippen molar-refractivity contribution in [3.8, 4) is 0 Å². The summed E-state index contributed by atoms with van der Waals surface area (Å²) in [4.78, 5) is 45.2. The van der Waals surface area contributed by atoms with Gasteiger partial charge in [-0.2, -0.15) is 0 Å². The monoisotopic (exact) mass is 374 g/mol. The SMILES string of the molecule is Cc1cc(C)c2c(=O)c(N=C3NC(=O)C(c4cccc(N)c4)C3=O)c[nH]c2c1. The fraction of sp³-hybridized carbons (Fsp3) is 0.143. The second-order valence-electron chi connectivity index (χ2n) is 6.92. The number of hydrogen-bond donors (Lipinski definition) is 3. The minimum Gasteiger partial charge on any atom is -0.399 e. The number of nitrogens with one attached hydrogen (secondary N) is 2. The molecule has 7 heteroatoms. The van der Waals surface area contributed by atoms with E-state index >= 15 is 0 Å². The van der Waals surface area contributed by atoms with Gasteiger partial charge in [-0.3, -0.25) is 14.4 Å². The van der Waals surface area contributed by atoms with Gasteiger partial charge in [0.1, 0.15) is 11.6 Å². The summed E-state index contributed by atoms with van der Waals surface area (Å²) in [5.41, 5.74) is 9.02. The first-order valence-corrected chi connectivity index (χ1v) is 8.77. The number of carbonyl (C=O) groups is 2. The molecular formula is C21H18N4O3. The number of nitrogens with two attached hydrogens (primary N) is 1. The predicted octanol–water partition coefficient (Wildman–Crippen LogP) is 2.24. The van der Waals surface area contributed by atoms with Gasteiger partial charge in [-0.25, -0.2) is 4.99 Å². The number of carbonyl (C=O) groups excluding carboxylic acids is 2. The van der Waals surface area contributed by atoms with Crippen LogP contribution >= 0.6 is 0 Å². The van der Waals surface area contributed by atoms with Crippen molar-refractivity contribution < 1.29 is 9.59 Å². The Morgan fingerprint density at radius 1 is 1.07 bits per heavy atom. The van der Waals surface area contributed by atoms with E-state index in [2.05, 4.69) is 15.3 Å². The maximum atomic E-state index is 12.9. The summed E-state index contributed by atoms with van der Waals surface area (Å²) < 4.78 is 0. The molecule has 1 atom stereocenters. The quantitative estimate of drug-likeness (QED) is 0.471. The zero-order chi connectivity index (χ0) is 20.0. The molecule has 0 aliphatic carbocycles. The predicted molar refractivity (Wildman–Crippen MR) is 108 cm³/mol. The second kappa shape index (κ2) is 6.45. The molecule has 1 saturated heterocycles. The van der Waals surface area contributed by atoms with E-state index < -0.39 is 17.6 Å². The Bertz CT molecular complexity index is 1240. The standard InChI is InChI=1S/C21H18N4O3/c1-10-6-11(2)16-14(7-10)23-9-15(18(16)26)24-20-19(27)17(21(28)25-20)12-4-3-5-13(22)8-12/h3-9,17H,22H2,1-2H3,(H,23,26)(H,24,25,28). The van der Waals surface area contributed by atoms with Crippen molar-refractivity contribution in [2.45, 2.75) is 19.8 Å². The van der Waals surface area contributed by atoms with E-state index in [1.807, 2.05) is 26.0 Å². The number of benzene rings is 2. The molecule has 1 aliphatic rings. The molecule has 0 bridgehead atoms. The highest BCUT2D eigenvalue weighted by Gasteiger charge is 2.39. The summed E-state index contributed by atoms with van der Waals surface area (Å²) in [6, 6.07) is 10.4. The Kier molecular flexibility index (Phi) is 4.07. The van der Waals surface area contributed by atoms with Crippen LogP contribution in [0.5, 0.6) is 0 Å². The number of aromatic nitrogens is 1. The fourth-order valence-corrected chi connectivity index (χ4v) is 3.56. The number of nitrogen functional groups attached to an aromatic ring is 1. The third-order valence-corrected chi connectivity index (χ3v) is 4.78. The van der Waals surface area contributed by atoms with Gasteiger partial charge in [-0.1, -0.05) is 18.2 Å². The molecule has 28 heavy (non-hydrogen) atoms. The molecule has 4 N–H and O–H groups in total. The van der Waals surface area contributed by atoms with E-state index in [4.69, 9.17) is 5.73 Å². The lowest BCUT2D eigenvalue weighted by molar-refractivity contribution is -0.123. The van der Waals surface area contributed by atoms with Crippen LogP contribution in [0.15, 0.2) is 52.4 Å². The normalized spacial score (nSPS) is 18.1. The van der Waals surface area contributed by atoms with Crippen LogP contribution in [0.2, 0.25) is 0 Å². The Morgan fingerprint density at radius 2 is 1.86 bits per heavy atom. The first kappa shape index (κ1) is 17.7. The van der Waals surface area contributed by atoms with Crippen LogP contribution in [0.25, 0.3) is 10.9 Å². The smallest absolute Gasteiger partial charge is 0.241 e. The number of fused-ring (bicyclic) bond motifs is 1. The Morgan fingerprint density at radius 3 is 2.61 bits per heavy atom. The lowest BCUT2D eigenvalue weighted by atomic mass is 9.96. The molecular weight excluding hydrogens is 356 g/mol. The molecule has 1 aromatic heterocycles. The number of ketones is 1. The van der Waals surface area contributed by atoms with Crippen LogP contribution in [0.4, 0.5) is 11.4 Å². The van der Waals surface area contributed by atoms with Gasteiger partial charge in [-0.05, 0) is 48.7 Å². The maximum absolute atomic E-state index is 12.9. The van der Waals surface area contributed by atoms with Gasteiger partial charge >= 0.3 is 0 Å². The van der Waals surface area contributed by atoms with Crippen LogP contribution in [-0.4, -0.2) is 22.5 Å². The number of aryl methyl sites for hydroxylation is 2. The van der Waals surface area contributed by atoms with Crippen molar-refractivity contribution in [3.63, 3.8) is 0 Å². The van der Waals surface area contributed by atoms with E-state index in [0.717, 1.165) is 11.1 Å². The number of pyridine rings is 1. The van der Waals surface area contributed by atoms with Crippen LogP contribution in [0.1, 0.15) is 22.6 Å². The number of amides is 1. The minimum atomic E-state index is -1.02. The summed E-state index contributed by atoms with van der Waals surface area (Å²) in [6.45, 7) is 3.79. The number of hydrogen-bond acceptors (Lipinski definition) is 5. The summed E-state index contributed by atoms with van der Waals surface area (Å²) in [6.07, 6.45) is 1.45. The van der Waals surface area contributed by atoms with E-state index in [0.29, 0.717) is 22.2 Å². The van der Waals surface area contributed by atoms with Crippen molar-refractivity contribution in [1.29, 1.82) is 0 Å². The number of Topliss-reactive ketones (excluding diaryl/α,β-unsaturated/α-hetero) is 1. The number of H-pyrrole nitrogens is 1. The second-order valence-corrected chi connectivity index (χ2v) is 6.92. The zero-order valence-corrected chi connectivity index (χ0v) is 15.4. The third-order valence-electron chi connectivity index (χ3n) is 4.78. The average molecular weight is 374 g/mol. The first-order valence-electron chi connectivity index (χ1n) is 8.77. The van der Waals surface area contributed by atoms with E-state index in [9.17, 15) is 14.4 Å². The number of rotatable bonds is 2. The van der Waals surface area contributed by atoms with Crippen LogP contribution in [0.3, 0.4) is 0 Å². The fourth-order valence-electron chi connectivity index (χ4n) is 3.56. The van der Waals surface area contributed by atoms with Crippen LogP contribution < -0.4 is 16.5 Å². The van der Waals surface area contributed by atoms with Gasteiger partial charge < -0.3 is 16.0 Å². The molecule has 1 aliphatic heterocycles. The molecule has 0 radical (unpaired) electrons. The number of aliphatic imine (C=N–C) groups is 1. The number of nitrogens with zero attached hydrogens (tertiary/aromatic N) is 1. The molecule has 1 fully saturated rings. The summed E-state index contributed by atoms with van der Waals surface area (Å²) >= 11 is 0. The third kappa shape index (κ3) is 2.87.